The Morgan fingerprint density at radius 1 is 0.947 bits per heavy atom. The first kappa shape index (κ1) is 12.1. The fourth-order valence-corrected chi connectivity index (χ4v) is 2.58. The summed E-state index contributed by atoms with van der Waals surface area (Å²) in [6.07, 6.45) is 3.86. The van der Waals surface area contributed by atoms with Crippen LogP contribution >= 0.6 is 0 Å². The monoisotopic (exact) mass is 256 g/mol. The molecule has 1 fully saturated rings. The zero-order chi connectivity index (χ0) is 13.2. The quantitative estimate of drug-likeness (QED) is 0.822. The molecule has 0 radical (unpaired) electrons. The molecule has 1 aliphatic heterocycles. The minimum absolute atomic E-state index is 1.03. The molecule has 0 atom stereocenters. The van der Waals surface area contributed by atoms with E-state index in [4.69, 9.17) is 0 Å². The van der Waals surface area contributed by atoms with E-state index in [9.17, 15) is 0 Å². The van der Waals surface area contributed by atoms with Crippen LogP contribution in [0.15, 0.2) is 36.7 Å². The van der Waals surface area contributed by atoms with Crippen LogP contribution in [0, 0.1) is 6.92 Å². The summed E-state index contributed by atoms with van der Waals surface area (Å²) >= 11 is 0. The van der Waals surface area contributed by atoms with Crippen LogP contribution in [0.5, 0.6) is 0 Å². The van der Waals surface area contributed by atoms with Gasteiger partial charge in [-0.25, -0.2) is 4.98 Å². The van der Waals surface area contributed by atoms with Gasteiger partial charge in [-0.1, -0.05) is 17.7 Å². The summed E-state index contributed by atoms with van der Waals surface area (Å²) in [6.45, 7) is 6.28. The van der Waals surface area contributed by atoms with Crippen LogP contribution in [-0.2, 0) is 7.05 Å². The van der Waals surface area contributed by atoms with E-state index in [1.54, 1.807) is 0 Å². The Hall–Kier alpha value is -1.97. The highest BCUT2D eigenvalue weighted by Crippen LogP contribution is 2.19. The highest BCUT2D eigenvalue weighted by molar-refractivity contribution is 5.49. The summed E-state index contributed by atoms with van der Waals surface area (Å²) in [7, 11) is 2.05. The van der Waals surface area contributed by atoms with Crippen molar-refractivity contribution in [3.63, 3.8) is 0 Å². The molecule has 3 rings (SSSR count). The van der Waals surface area contributed by atoms with E-state index in [1.807, 2.05) is 12.4 Å². The standard InChI is InChI=1S/C15H20N4/c1-13-3-5-14(6-4-13)18-9-11-19(12-10-18)15-16-7-8-17(15)2/h3-8H,9-12H2,1-2H3. The predicted octanol–water partition coefficient (Wildman–Crippen LogP) is 2.06. The Bertz CT molecular complexity index is 536. The van der Waals surface area contributed by atoms with Crippen LogP contribution in [0.1, 0.15) is 5.56 Å². The van der Waals surface area contributed by atoms with Crippen molar-refractivity contribution >= 4 is 11.6 Å². The number of rotatable bonds is 2. The number of piperazine rings is 1. The maximum Gasteiger partial charge on any atom is 0.205 e. The van der Waals surface area contributed by atoms with Crippen LogP contribution in [0.2, 0.25) is 0 Å². The maximum atomic E-state index is 4.42. The van der Waals surface area contributed by atoms with E-state index in [0.29, 0.717) is 0 Å². The molecule has 100 valence electrons. The van der Waals surface area contributed by atoms with Gasteiger partial charge >= 0.3 is 0 Å². The fraction of sp³-hybridized carbons (Fsp3) is 0.400. The van der Waals surface area contributed by atoms with Crippen molar-refractivity contribution in [2.75, 3.05) is 36.0 Å². The third-order valence-electron chi connectivity index (χ3n) is 3.76. The molecule has 1 aromatic carbocycles. The molecule has 4 heteroatoms. The number of imidazole rings is 1. The Morgan fingerprint density at radius 2 is 1.58 bits per heavy atom. The largest absolute Gasteiger partial charge is 0.368 e. The lowest BCUT2D eigenvalue weighted by molar-refractivity contribution is 0.630. The van der Waals surface area contributed by atoms with Gasteiger partial charge in [-0.3, -0.25) is 0 Å². The Kier molecular flexibility index (Phi) is 3.15. The zero-order valence-corrected chi connectivity index (χ0v) is 11.6. The van der Waals surface area contributed by atoms with Crippen molar-refractivity contribution in [2.45, 2.75) is 6.92 Å². The molecule has 0 bridgehead atoms. The summed E-state index contributed by atoms with van der Waals surface area (Å²) in [4.78, 5) is 9.21. The summed E-state index contributed by atoms with van der Waals surface area (Å²) < 4.78 is 2.08. The second kappa shape index (κ2) is 4.96. The van der Waals surface area contributed by atoms with E-state index in [2.05, 4.69) is 57.6 Å². The summed E-state index contributed by atoms with van der Waals surface area (Å²) in [6, 6.07) is 8.79. The first-order chi connectivity index (χ1) is 9.24. The van der Waals surface area contributed by atoms with Crippen LogP contribution in [-0.4, -0.2) is 35.7 Å². The van der Waals surface area contributed by atoms with Gasteiger partial charge < -0.3 is 14.4 Å². The number of aryl methyl sites for hydroxylation is 2. The van der Waals surface area contributed by atoms with Gasteiger partial charge in [0.1, 0.15) is 0 Å². The van der Waals surface area contributed by atoms with Crippen molar-refractivity contribution < 1.29 is 0 Å². The fourth-order valence-electron chi connectivity index (χ4n) is 2.58. The molecule has 0 amide bonds. The van der Waals surface area contributed by atoms with Gasteiger partial charge in [-0.2, -0.15) is 0 Å². The number of benzene rings is 1. The van der Waals surface area contributed by atoms with E-state index in [1.165, 1.54) is 11.3 Å². The second-order valence-corrected chi connectivity index (χ2v) is 5.15. The molecule has 0 unspecified atom stereocenters. The van der Waals surface area contributed by atoms with Crippen molar-refractivity contribution in [3.8, 4) is 0 Å². The highest BCUT2D eigenvalue weighted by Gasteiger charge is 2.19. The molecule has 0 aliphatic carbocycles. The van der Waals surface area contributed by atoms with Crippen LogP contribution in [0.3, 0.4) is 0 Å². The molecule has 0 spiro atoms. The normalized spacial score (nSPS) is 15.9. The summed E-state index contributed by atoms with van der Waals surface area (Å²) in [5, 5.41) is 0. The lowest BCUT2D eigenvalue weighted by atomic mass is 10.2. The molecular formula is C15H20N4. The van der Waals surface area contributed by atoms with E-state index >= 15 is 0 Å². The molecule has 2 heterocycles. The van der Waals surface area contributed by atoms with Crippen molar-refractivity contribution in [1.29, 1.82) is 0 Å². The lowest BCUT2D eigenvalue weighted by Crippen LogP contribution is -2.47. The summed E-state index contributed by atoms with van der Waals surface area (Å²) in [5.74, 6) is 1.07. The topological polar surface area (TPSA) is 24.3 Å². The average Bonchev–Trinajstić information content (AvgIpc) is 2.86. The number of hydrogen-bond acceptors (Lipinski definition) is 3. The van der Waals surface area contributed by atoms with Crippen LogP contribution < -0.4 is 9.80 Å². The van der Waals surface area contributed by atoms with Gasteiger partial charge in [0, 0.05) is 51.3 Å². The third kappa shape index (κ3) is 2.43. The maximum absolute atomic E-state index is 4.42. The first-order valence-electron chi connectivity index (χ1n) is 6.78. The second-order valence-electron chi connectivity index (χ2n) is 5.15. The zero-order valence-electron chi connectivity index (χ0n) is 11.6. The molecule has 19 heavy (non-hydrogen) atoms. The number of anilines is 2. The molecule has 0 N–H and O–H groups in total. The van der Waals surface area contributed by atoms with Crippen LogP contribution in [0.4, 0.5) is 11.6 Å². The molecule has 4 nitrogen and oxygen atoms in total. The number of aromatic nitrogens is 2. The number of nitrogens with zero attached hydrogens (tertiary/aromatic N) is 4. The predicted molar refractivity (Wildman–Crippen MR) is 78.8 cm³/mol. The smallest absolute Gasteiger partial charge is 0.205 e. The molecule has 1 saturated heterocycles. The minimum Gasteiger partial charge on any atom is -0.368 e. The van der Waals surface area contributed by atoms with Crippen molar-refractivity contribution in [1.82, 2.24) is 9.55 Å². The van der Waals surface area contributed by atoms with Gasteiger partial charge in [-0.05, 0) is 19.1 Å². The van der Waals surface area contributed by atoms with Gasteiger partial charge in [-0.15, -0.1) is 0 Å². The van der Waals surface area contributed by atoms with Crippen LogP contribution in [0.25, 0.3) is 0 Å². The van der Waals surface area contributed by atoms with Crippen molar-refractivity contribution in [2.24, 2.45) is 7.05 Å². The van der Waals surface area contributed by atoms with Gasteiger partial charge in [0.25, 0.3) is 0 Å². The van der Waals surface area contributed by atoms with E-state index in [0.717, 1.165) is 32.1 Å². The average molecular weight is 256 g/mol. The van der Waals surface area contributed by atoms with Gasteiger partial charge in [0.15, 0.2) is 0 Å². The Labute approximate surface area is 114 Å². The Balaban J connectivity index is 1.66. The molecule has 1 aliphatic rings. The van der Waals surface area contributed by atoms with E-state index in [-0.39, 0.29) is 0 Å². The van der Waals surface area contributed by atoms with E-state index < -0.39 is 0 Å². The van der Waals surface area contributed by atoms with Crippen molar-refractivity contribution in [3.05, 3.63) is 42.2 Å². The minimum atomic E-state index is 1.03. The van der Waals surface area contributed by atoms with Gasteiger partial charge in [0.05, 0.1) is 0 Å². The molecular weight excluding hydrogens is 236 g/mol. The lowest BCUT2D eigenvalue weighted by Gasteiger charge is -2.36. The first-order valence-corrected chi connectivity index (χ1v) is 6.78. The van der Waals surface area contributed by atoms with Gasteiger partial charge in [0.2, 0.25) is 5.95 Å². The Morgan fingerprint density at radius 3 is 2.16 bits per heavy atom. The molecule has 1 aromatic heterocycles. The highest BCUT2D eigenvalue weighted by atomic mass is 15.3. The summed E-state index contributed by atoms with van der Waals surface area (Å²) in [5.41, 5.74) is 2.64. The SMILES string of the molecule is Cc1ccc(N2CCN(c3nccn3C)CC2)cc1. The molecule has 2 aromatic rings. The molecule has 0 saturated carbocycles. The number of hydrogen-bond donors (Lipinski definition) is 0. The third-order valence-corrected chi connectivity index (χ3v) is 3.76.